The first-order valence-electron chi connectivity index (χ1n) is 10.8. The molecule has 0 saturated carbocycles. The van der Waals surface area contributed by atoms with Crippen molar-refractivity contribution in [3.05, 3.63) is 47.0 Å². The fraction of sp³-hybridized carbons (Fsp3) is 0.480. The molecule has 0 aromatic heterocycles. The molecule has 0 atom stereocenters. The van der Waals surface area contributed by atoms with Crippen LogP contribution in [0.25, 0.3) is 0 Å². The Hall–Kier alpha value is -2.74. The van der Waals surface area contributed by atoms with Crippen molar-refractivity contribution in [3.8, 4) is 11.5 Å². The molecule has 1 amide bonds. The number of methoxy groups -OCH3 is 1. The quantitative estimate of drug-likeness (QED) is 0.525. The number of aryl methyl sites for hydroxylation is 1. The number of nitrogens with one attached hydrogen (secondary N) is 2. The van der Waals surface area contributed by atoms with Gasteiger partial charge in [-0.1, -0.05) is 53.7 Å². The third-order valence-corrected chi connectivity index (χ3v) is 5.80. The summed E-state index contributed by atoms with van der Waals surface area (Å²) >= 11 is 0. The summed E-state index contributed by atoms with van der Waals surface area (Å²) in [7, 11) is -2.06. The van der Waals surface area contributed by atoms with Crippen molar-refractivity contribution in [1.82, 2.24) is 0 Å². The predicted molar refractivity (Wildman–Crippen MR) is 134 cm³/mol. The summed E-state index contributed by atoms with van der Waals surface area (Å²) in [5, 5.41) is 13.7. The third kappa shape index (κ3) is 7.39. The highest BCUT2D eigenvalue weighted by atomic mass is 32.2. The van der Waals surface area contributed by atoms with E-state index in [2.05, 4.69) is 51.6 Å². The van der Waals surface area contributed by atoms with E-state index in [-0.39, 0.29) is 28.8 Å². The highest BCUT2D eigenvalue weighted by Crippen LogP contribution is 2.40. The van der Waals surface area contributed by atoms with Gasteiger partial charge in [-0.3, -0.25) is 9.52 Å². The number of hydrogen-bond acceptors (Lipinski definition) is 5. The summed E-state index contributed by atoms with van der Waals surface area (Å²) in [5.74, 6) is 0.465. The zero-order valence-electron chi connectivity index (χ0n) is 20.8. The van der Waals surface area contributed by atoms with E-state index in [1.807, 2.05) is 12.1 Å². The Labute approximate surface area is 197 Å². The Bertz CT molecular complexity index is 1090. The van der Waals surface area contributed by atoms with Gasteiger partial charge in [-0.25, -0.2) is 8.42 Å². The van der Waals surface area contributed by atoms with Crippen LogP contribution in [0.4, 0.5) is 11.4 Å². The molecule has 0 saturated heterocycles. The van der Waals surface area contributed by atoms with E-state index in [9.17, 15) is 18.3 Å². The molecule has 0 fully saturated rings. The van der Waals surface area contributed by atoms with Crippen LogP contribution in [0, 0.1) is 0 Å². The highest BCUT2D eigenvalue weighted by Gasteiger charge is 2.26. The number of carbonyl (C=O) groups excluding carboxylic acids is 1. The number of ether oxygens (including phenoxy) is 1. The van der Waals surface area contributed by atoms with E-state index in [1.54, 1.807) is 12.1 Å². The number of carbonyl (C=O) groups is 1. The fourth-order valence-corrected chi connectivity index (χ4v) is 4.09. The van der Waals surface area contributed by atoms with Gasteiger partial charge < -0.3 is 15.2 Å². The minimum absolute atomic E-state index is 0.201. The molecule has 182 valence electrons. The summed E-state index contributed by atoms with van der Waals surface area (Å²) in [5.41, 5.74) is 2.92. The lowest BCUT2D eigenvalue weighted by atomic mass is 9.78. The molecule has 7 nitrogen and oxygen atoms in total. The maximum Gasteiger partial charge on any atom is 0.229 e. The molecule has 2 aromatic rings. The molecule has 2 rings (SSSR count). The number of phenols is 1. The topological polar surface area (TPSA) is 105 Å². The molecule has 33 heavy (non-hydrogen) atoms. The largest absolute Gasteiger partial charge is 0.507 e. The Morgan fingerprint density at radius 3 is 2.00 bits per heavy atom. The summed E-state index contributed by atoms with van der Waals surface area (Å²) < 4.78 is 30.8. The molecule has 8 heteroatoms. The number of benzene rings is 2. The number of amides is 1. The van der Waals surface area contributed by atoms with Crippen molar-refractivity contribution >= 4 is 27.3 Å². The van der Waals surface area contributed by atoms with Gasteiger partial charge in [-0.2, -0.15) is 0 Å². The molecule has 0 unspecified atom stereocenters. The lowest BCUT2D eigenvalue weighted by molar-refractivity contribution is -0.116. The van der Waals surface area contributed by atoms with E-state index < -0.39 is 10.0 Å². The average molecular weight is 477 g/mol. The molecule has 0 radical (unpaired) electrons. The maximum absolute atomic E-state index is 12.6. The monoisotopic (exact) mass is 476 g/mol. The first kappa shape index (κ1) is 26.5. The van der Waals surface area contributed by atoms with Crippen LogP contribution in [-0.4, -0.2) is 32.8 Å². The van der Waals surface area contributed by atoms with E-state index in [0.29, 0.717) is 23.6 Å². The summed E-state index contributed by atoms with van der Waals surface area (Å²) in [6.07, 6.45) is 1.79. The molecular formula is C25H36N2O5S. The summed E-state index contributed by atoms with van der Waals surface area (Å²) in [6, 6.07) is 8.71. The number of phenolic OH excluding ortho intramolecular Hbond substituents is 1. The summed E-state index contributed by atoms with van der Waals surface area (Å²) in [4.78, 5) is 12.6. The van der Waals surface area contributed by atoms with Crippen molar-refractivity contribution in [2.75, 3.05) is 23.4 Å². The SMILES string of the molecule is COc1ccc(NC(=O)CCc2cc(C(C)(C)C)c(O)c(C(C)(C)C)c2)cc1NS(C)(=O)=O. The number of aromatic hydroxyl groups is 1. The fourth-order valence-electron chi connectivity index (χ4n) is 3.53. The molecular weight excluding hydrogens is 440 g/mol. The van der Waals surface area contributed by atoms with Crippen LogP contribution in [0.15, 0.2) is 30.3 Å². The zero-order valence-corrected chi connectivity index (χ0v) is 21.6. The molecule has 0 aliphatic heterocycles. The second kappa shape index (κ2) is 9.63. The van der Waals surface area contributed by atoms with Gasteiger partial charge in [0.2, 0.25) is 15.9 Å². The van der Waals surface area contributed by atoms with Gasteiger partial charge in [0.05, 0.1) is 19.1 Å². The minimum atomic E-state index is -3.50. The number of hydrogen-bond donors (Lipinski definition) is 3. The average Bonchev–Trinajstić information content (AvgIpc) is 2.64. The second-order valence-corrected chi connectivity index (χ2v) is 12.1. The molecule has 0 spiro atoms. The molecule has 0 heterocycles. The van der Waals surface area contributed by atoms with Gasteiger partial charge in [0.15, 0.2) is 0 Å². The van der Waals surface area contributed by atoms with Gasteiger partial charge in [0.25, 0.3) is 0 Å². The van der Waals surface area contributed by atoms with Crippen molar-refractivity contribution in [2.45, 2.75) is 65.2 Å². The smallest absolute Gasteiger partial charge is 0.229 e. The van der Waals surface area contributed by atoms with Gasteiger partial charge in [-0.15, -0.1) is 0 Å². The molecule has 0 bridgehead atoms. The number of anilines is 2. The van der Waals surface area contributed by atoms with E-state index in [4.69, 9.17) is 4.74 Å². The highest BCUT2D eigenvalue weighted by molar-refractivity contribution is 7.92. The first-order chi connectivity index (χ1) is 15.0. The lowest BCUT2D eigenvalue weighted by Crippen LogP contribution is -2.18. The standard InChI is InChI=1S/C25H36N2O5S/c1-24(2,3)18-13-16(14-19(23(18)29)25(4,5)6)9-12-22(28)26-17-10-11-21(32-7)20(15-17)27-33(8,30)31/h10-11,13-15,27,29H,9,12H2,1-8H3,(H,26,28). The van der Waals surface area contributed by atoms with E-state index in [1.165, 1.54) is 13.2 Å². The van der Waals surface area contributed by atoms with Crippen LogP contribution in [0.5, 0.6) is 11.5 Å². The van der Waals surface area contributed by atoms with Crippen LogP contribution in [0.1, 0.15) is 64.7 Å². The molecule has 3 N–H and O–H groups in total. The first-order valence-corrected chi connectivity index (χ1v) is 12.7. The number of sulfonamides is 1. The molecule has 0 aliphatic rings. The van der Waals surface area contributed by atoms with Crippen LogP contribution in [0.3, 0.4) is 0 Å². The Balaban J connectivity index is 2.22. The predicted octanol–water partition coefficient (Wildman–Crippen LogP) is 4.94. The van der Waals surface area contributed by atoms with Gasteiger partial charge in [-0.05, 0) is 52.1 Å². The molecule has 2 aromatic carbocycles. The lowest BCUT2D eigenvalue weighted by Gasteiger charge is -2.28. The normalized spacial score (nSPS) is 12.4. The zero-order chi connectivity index (χ0) is 25.2. The van der Waals surface area contributed by atoms with Crippen molar-refractivity contribution in [1.29, 1.82) is 0 Å². The Kier molecular flexibility index (Phi) is 7.74. The van der Waals surface area contributed by atoms with Gasteiger partial charge >= 0.3 is 0 Å². The maximum atomic E-state index is 12.6. The van der Waals surface area contributed by atoms with E-state index in [0.717, 1.165) is 22.9 Å². The van der Waals surface area contributed by atoms with Gasteiger partial charge in [0, 0.05) is 12.1 Å². The van der Waals surface area contributed by atoms with Crippen molar-refractivity contribution in [3.63, 3.8) is 0 Å². The Morgan fingerprint density at radius 2 is 1.55 bits per heavy atom. The van der Waals surface area contributed by atoms with Crippen molar-refractivity contribution in [2.24, 2.45) is 0 Å². The van der Waals surface area contributed by atoms with Crippen LogP contribution >= 0.6 is 0 Å². The number of rotatable bonds is 7. The van der Waals surface area contributed by atoms with Crippen LogP contribution in [-0.2, 0) is 32.1 Å². The Morgan fingerprint density at radius 1 is 1.00 bits per heavy atom. The van der Waals surface area contributed by atoms with Crippen LogP contribution in [0.2, 0.25) is 0 Å². The van der Waals surface area contributed by atoms with Crippen molar-refractivity contribution < 1.29 is 23.1 Å². The summed E-state index contributed by atoms with van der Waals surface area (Å²) in [6.45, 7) is 12.3. The molecule has 0 aliphatic carbocycles. The third-order valence-electron chi connectivity index (χ3n) is 5.21. The second-order valence-electron chi connectivity index (χ2n) is 10.4. The van der Waals surface area contributed by atoms with E-state index >= 15 is 0 Å². The van der Waals surface area contributed by atoms with Crippen LogP contribution < -0.4 is 14.8 Å². The van der Waals surface area contributed by atoms with Gasteiger partial charge in [0.1, 0.15) is 11.5 Å². The minimum Gasteiger partial charge on any atom is -0.507 e.